The van der Waals surface area contributed by atoms with Crippen molar-refractivity contribution in [2.45, 2.75) is 25.7 Å². The third-order valence-corrected chi connectivity index (χ3v) is 4.63. The lowest BCUT2D eigenvalue weighted by Gasteiger charge is -2.41. The minimum Gasteiger partial charge on any atom is -0.384 e. The highest BCUT2D eigenvalue weighted by molar-refractivity contribution is 4.87. The molecule has 2 fully saturated rings. The average Bonchev–Trinajstić information content (AvgIpc) is 2.40. The van der Waals surface area contributed by atoms with E-state index in [1.165, 1.54) is 38.8 Å². The molecule has 0 atom stereocenters. The molecule has 112 valence electrons. The number of hydrogen-bond acceptors (Lipinski definition) is 4. The van der Waals surface area contributed by atoms with Crippen molar-refractivity contribution in [3.05, 3.63) is 0 Å². The van der Waals surface area contributed by atoms with Gasteiger partial charge in [-0.15, -0.1) is 0 Å². The van der Waals surface area contributed by atoms with Crippen LogP contribution in [0.3, 0.4) is 0 Å². The van der Waals surface area contributed by atoms with E-state index in [0.29, 0.717) is 5.41 Å². The molecule has 0 aliphatic carbocycles. The number of piperidine rings is 1. The Kier molecular flexibility index (Phi) is 6.07. The molecule has 0 radical (unpaired) electrons. The summed E-state index contributed by atoms with van der Waals surface area (Å²) in [5, 5.41) is 3.46. The Morgan fingerprint density at radius 1 is 1.26 bits per heavy atom. The normalized spacial score (nSPS) is 24.8. The maximum absolute atomic E-state index is 5.50. The second kappa shape index (κ2) is 7.58. The fraction of sp³-hybridized carbons (Fsp3) is 1.00. The standard InChI is InChI=1S/C15H30N2O2/c1-17(11-14-3-9-19-10-4-14)12-15(13-18-2)5-7-16-8-6-15/h14,16H,3-13H2,1-2H3. The summed E-state index contributed by atoms with van der Waals surface area (Å²) in [4.78, 5) is 2.53. The van der Waals surface area contributed by atoms with Crippen LogP contribution in [0.4, 0.5) is 0 Å². The van der Waals surface area contributed by atoms with Crippen molar-refractivity contribution in [1.29, 1.82) is 0 Å². The predicted molar refractivity (Wildman–Crippen MR) is 77.5 cm³/mol. The lowest BCUT2D eigenvalue weighted by atomic mass is 9.79. The van der Waals surface area contributed by atoms with Crippen LogP contribution in [0, 0.1) is 11.3 Å². The molecule has 2 aliphatic heterocycles. The molecular weight excluding hydrogens is 240 g/mol. The molecule has 0 amide bonds. The first kappa shape index (κ1) is 15.2. The van der Waals surface area contributed by atoms with Gasteiger partial charge in [0, 0.05) is 38.8 Å². The van der Waals surface area contributed by atoms with Crippen LogP contribution in [-0.4, -0.2) is 65.1 Å². The summed E-state index contributed by atoms with van der Waals surface area (Å²) in [5.74, 6) is 0.820. The Balaban J connectivity index is 1.81. The highest BCUT2D eigenvalue weighted by Gasteiger charge is 2.33. The zero-order valence-electron chi connectivity index (χ0n) is 12.6. The van der Waals surface area contributed by atoms with Crippen LogP contribution in [0.1, 0.15) is 25.7 Å². The van der Waals surface area contributed by atoms with Gasteiger partial charge in [0.25, 0.3) is 0 Å². The number of ether oxygens (including phenoxy) is 2. The highest BCUT2D eigenvalue weighted by Crippen LogP contribution is 2.30. The predicted octanol–water partition coefficient (Wildman–Crippen LogP) is 1.36. The van der Waals surface area contributed by atoms with Gasteiger partial charge in [-0.2, -0.15) is 0 Å². The van der Waals surface area contributed by atoms with Crippen LogP contribution < -0.4 is 5.32 Å². The third kappa shape index (κ3) is 4.71. The largest absolute Gasteiger partial charge is 0.384 e. The van der Waals surface area contributed by atoms with Crippen molar-refractivity contribution >= 4 is 0 Å². The first-order valence-electron chi connectivity index (χ1n) is 7.70. The van der Waals surface area contributed by atoms with Crippen LogP contribution >= 0.6 is 0 Å². The second-order valence-corrected chi connectivity index (χ2v) is 6.44. The van der Waals surface area contributed by atoms with Gasteiger partial charge in [0.15, 0.2) is 0 Å². The zero-order chi connectivity index (χ0) is 13.6. The number of nitrogens with zero attached hydrogens (tertiary/aromatic N) is 1. The smallest absolute Gasteiger partial charge is 0.0531 e. The molecular formula is C15H30N2O2. The molecule has 2 rings (SSSR count). The number of hydrogen-bond donors (Lipinski definition) is 1. The van der Waals surface area contributed by atoms with Crippen molar-refractivity contribution in [3.63, 3.8) is 0 Å². The monoisotopic (exact) mass is 270 g/mol. The summed E-state index contributed by atoms with van der Waals surface area (Å²) >= 11 is 0. The van der Waals surface area contributed by atoms with Gasteiger partial charge in [-0.25, -0.2) is 0 Å². The lowest BCUT2D eigenvalue weighted by molar-refractivity contribution is 0.0143. The van der Waals surface area contributed by atoms with Crippen LogP contribution in [0.2, 0.25) is 0 Å². The molecule has 1 N–H and O–H groups in total. The molecule has 0 aromatic rings. The Bertz CT molecular complexity index is 243. The van der Waals surface area contributed by atoms with Crippen molar-refractivity contribution in [3.8, 4) is 0 Å². The molecule has 0 aromatic carbocycles. The van der Waals surface area contributed by atoms with Crippen LogP contribution in [0.15, 0.2) is 0 Å². The lowest BCUT2D eigenvalue weighted by Crippen LogP contribution is -2.47. The van der Waals surface area contributed by atoms with Crippen LogP contribution in [0.5, 0.6) is 0 Å². The summed E-state index contributed by atoms with van der Waals surface area (Å²) in [7, 11) is 4.11. The fourth-order valence-corrected chi connectivity index (χ4v) is 3.62. The van der Waals surface area contributed by atoms with E-state index in [1.807, 2.05) is 7.11 Å². The van der Waals surface area contributed by atoms with E-state index in [1.54, 1.807) is 0 Å². The third-order valence-electron chi connectivity index (χ3n) is 4.63. The van der Waals surface area contributed by atoms with Gasteiger partial charge in [-0.1, -0.05) is 0 Å². The van der Waals surface area contributed by atoms with Gasteiger partial charge in [0.05, 0.1) is 6.61 Å². The topological polar surface area (TPSA) is 33.7 Å². The van der Waals surface area contributed by atoms with Gasteiger partial charge in [0.1, 0.15) is 0 Å². The minimum atomic E-state index is 0.361. The highest BCUT2D eigenvalue weighted by atomic mass is 16.5. The maximum atomic E-state index is 5.50. The van der Waals surface area contributed by atoms with E-state index in [9.17, 15) is 0 Å². The first-order valence-corrected chi connectivity index (χ1v) is 7.70. The molecule has 2 saturated heterocycles. The van der Waals surface area contributed by atoms with Gasteiger partial charge in [-0.05, 0) is 51.7 Å². The molecule has 19 heavy (non-hydrogen) atoms. The van der Waals surface area contributed by atoms with E-state index < -0.39 is 0 Å². The average molecular weight is 270 g/mol. The molecule has 4 nitrogen and oxygen atoms in total. The number of nitrogens with one attached hydrogen (secondary N) is 1. The second-order valence-electron chi connectivity index (χ2n) is 6.44. The Morgan fingerprint density at radius 2 is 1.95 bits per heavy atom. The molecule has 4 heteroatoms. The molecule has 0 aromatic heterocycles. The van der Waals surface area contributed by atoms with Crippen LogP contribution in [-0.2, 0) is 9.47 Å². The summed E-state index contributed by atoms with van der Waals surface area (Å²) < 4.78 is 10.9. The van der Waals surface area contributed by atoms with E-state index >= 15 is 0 Å². The summed E-state index contributed by atoms with van der Waals surface area (Å²) in [5.41, 5.74) is 0.361. The number of methoxy groups -OCH3 is 1. The van der Waals surface area contributed by atoms with E-state index in [2.05, 4.69) is 17.3 Å². The molecule has 0 bridgehead atoms. The van der Waals surface area contributed by atoms with Crippen molar-refractivity contribution in [2.24, 2.45) is 11.3 Å². The minimum absolute atomic E-state index is 0.361. The van der Waals surface area contributed by atoms with Gasteiger partial charge in [0.2, 0.25) is 0 Å². The molecule has 2 aliphatic rings. The Hall–Kier alpha value is -0.160. The SMILES string of the molecule is COCC1(CN(C)CC2CCOCC2)CCNCC1. The Labute approximate surface area is 117 Å². The molecule has 2 heterocycles. The van der Waals surface area contributed by atoms with Gasteiger partial charge in [-0.3, -0.25) is 0 Å². The van der Waals surface area contributed by atoms with Crippen LogP contribution in [0.25, 0.3) is 0 Å². The van der Waals surface area contributed by atoms with Crippen molar-refractivity contribution in [1.82, 2.24) is 10.2 Å². The quantitative estimate of drug-likeness (QED) is 0.790. The summed E-state index contributed by atoms with van der Waals surface area (Å²) in [6.45, 7) is 7.44. The number of rotatable bonds is 6. The van der Waals surface area contributed by atoms with Gasteiger partial charge < -0.3 is 19.7 Å². The van der Waals surface area contributed by atoms with E-state index in [0.717, 1.165) is 38.8 Å². The Morgan fingerprint density at radius 3 is 2.58 bits per heavy atom. The maximum Gasteiger partial charge on any atom is 0.0531 e. The van der Waals surface area contributed by atoms with Gasteiger partial charge >= 0.3 is 0 Å². The van der Waals surface area contributed by atoms with Crippen molar-refractivity contribution in [2.75, 3.05) is 60.2 Å². The molecule has 0 saturated carbocycles. The van der Waals surface area contributed by atoms with E-state index in [-0.39, 0.29) is 0 Å². The zero-order valence-corrected chi connectivity index (χ0v) is 12.6. The van der Waals surface area contributed by atoms with Crippen molar-refractivity contribution < 1.29 is 9.47 Å². The molecule has 0 spiro atoms. The van der Waals surface area contributed by atoms with E-state index in [4.69, 9.17) is 9.47 Å². The summed E-state index contributed by atoms with van der Waals surface area (Å²) in [6, 6.07) is 0. The fourth-order valence-electron chi connectivity index (χ4n) is 3.62. The first-order chi connectivity index (χ1) is 9.24. The summed E-state index contributed by atoms with van der Waals surface area (Å²) in [6.07, 6.45) is 4.92. The molecule has 0 unspecified atom stereocenters.